The first-order valence-corrected chi connectivity index (χ1v) is 7.00. The molecule has 2 aromatic carbocycles. The molecular formula is C15H12Cl2N2O3. The number of carbonyl (C=O) groups is 2. The second-order valence-corrected chi connectivity index (χ2v) is 5.09. The van der Waals surface area contributed by atoms with Gasteiger partial charge in [0.15, 0.2) is 6.61 Å². The van der Waals surface area contributed by atoms with Crippen LogP contribution in [0.4, 0.5) is 5.69 Å². The quantitative estimate of drug-likeness (QED) is 0.878. The number of anilines is 1. The van der Waals surface area contributed by atoms with Crippen LogP contribution in [0.15, 0.2) is 42.5 Å². The Labute approximate surface area is 137 Å². The first-order chi connectivity index (χ1) is 10.5. The number of halogens is 2. The van der Waals surface area contributed by atoms with Crippen LogP contribution in [0.1, 0.15) is 10.4 Å². The van der Waals surface area contributed by atoms with Crippen molar-refractivity contribution in [1.29, 1.82) is 0 Å². The van der Waals surface area contributed by atoms with Crippen LogP contribution in [0.2, 0.25) is 10.0 Å². The fourth-order valence-corrected chi connectivity index (χ4v) is 2.07. The number of hydrogen-bond acceptors (Lipinski definition) is 3. The van der Waals surface area contributed by atoms with Gasteiger partial charge in [0, 0.05) is 0 Å². The van der Waals surface area contributed by atoms with Crippen molar-refractivity contribution in [3.8, 4) is 5.75 Å². The van der Waals surface area contributed by atoms with E-state index in [0.29, 0.717) is 10.7 Å². The molecule has 0 atom stereocenters. The van der Waals surface area contributed by atoms with Gasteiger partial charge in [-0.05, 0) is 24.3 Å². The Balaban J connectivity index is 2.22. The summed E-state index contributed by atoms with van der Waals surface area (Å²) >= 11 is 11.9. The van der Waals surface area contributed by atoms with E-state index in [2.05, 4.69) is 5.32 Å². The molecule has 0 saturated heterocycles. The first-order valence-electron chi connectivity index (χ1n) is 6.24. The number of hydrogen-bond donors (Lipinski definition) is 2. The molecule has 0 fully saturated rings. The van der Waals surface area contributed by atoms with Crippen LogP contribution < -0.4 is 15.8 Å². The van der Waals surface area contributed by atoms with Gasteiger partial charge in [-0.3, -0.25) is 9.59 Å². The molecule has 114 valence electrons. The SMILES string of the molecule is NC(=O)COc1ccccc1C(=O)Nc1cccc(Cl)c1Cl. The minimum absolute atomic E-state index is 0.244. The Kier molecular flexibility index (Phi) is 5.25. The van der Waals surface area contributed by atoms with Crippen molar-refractivity contribution in [1.82, 2.24) is 0 Å². The van der Waals surface area contributed by atoms with Crippen LogP contribution in [0.3, 0.4) is 0 Å². The van der Waals surface area contributed by atoms with E-state index in [1.54, 1.807) is 42.5 Å². The molecule has 22 heavy (non-hydrogen) atoms. The van der Waals surface area contributed by atoms with Gasteiger partial charge in [-0.1, -0.05) is 41.4 Å². The molecule has 0 heterocycles. The Morgan fingerprint density at radius 2 is 1.82 bits per heavy atom. The zero-order valence-corrected chi connectivity index (χ0v) is 12.8. The summed E-state index contributed by atoms with van der Waals surface area (Å²) in [4.78, 5) is 23.1. The van der Waals surface area contributed by atoms with E-state index in [0.717, 1.165) is 0 Å². The number of para-hydroxylation sites is 1. The number of carbonyl (C=O) groups excluding carboxylic acids is 2. The van der Waals surface area contributed by atoms with Crippen LogP contribution >= 0.6 is 23.2 Å². The number of benzene rings is 2. The Bertz CT molecular complexity index is 720. The summed E-state index contributed by atoms with van der Waals surface area (Å²) in [5.74, 6) is -0.825. The summed E-state index contributed by atoms with van der Waals surface area (Å²) in [6.45, 7) is -0.317. The molecule has 0 aliphatic rings. The molecule has 5 nitrogen and oxygen atoms in total. The normalized spacial score (nSPS) is 10.1. The minimum atomic E-state index is -0.631. The van der Waals surface area contributed by atoms with Crippen molar-refractivity contribution in [2.45, 2.75) is 0 Å². The lowest BCUT2D eigenvalue weighted by molar-refractivity contribution is -0.119. The van der Waals surface area contributed by atoms with Crippen molar-refractivity contribution in [2.24, 2.45) is 5.73 Å². The predicted molar refractivity (Wildman–Crippen MR) is 85.5 cm³/mol. The average molecular weight is 339 g/mol. The van der Waals surface area contributed by atoms with Gasteiger partial charge in [0.05, 0.1) is 21.3 Å². The molecule has 0 unspecified atom stereocenters. The van der Waals surface area contributed by atoms with Gasteiger partial charge in [-0.25, -0.2) is 0 Å². The molecule has 7 heteroatoms. The van der Waals surface area contributed by atoms with E-state index in [1.165, 1.54) is 0 Å². The maximum atomic E-state index is 12.3. The molecule has 2 aromatic rings. The van der Waals surface area contributed by atoms with Crippen LogP contribution in [0.25, 0.3) is 0 Å². The van der Waals surface area contributed by atoms with Gasteiger partial charge in [-0.2, -0.15) is 0 Å². The number of nitrogens with one attached hydrogen (secondary N) is 1. The molecule has 0 aliphatic heterocycles. The minimum Gasteiger partial charge on any atom is -0.483 e. The summed E-state index contributed by atoms with van der Waals surface area (Å²) in [6.07, 6.45) is 0. The lowest BCUT2D eigenvalue weighted by Crippen LogP contribution is -2.21. The van der Waals surface area contributed by atoms with Crippen LogP contribution in [0, 0.1) is 0 Å². The summed E-state index contributed by atoms with van der Waals surface area (Å²) < 4.78 is 5.22. The van der Waals surface area contributed by atoms with Gasteiger partial charge in [0.1, 0.15) is 5.75 Å². The molecule has 0 aliphatic carbocycles. The average Bonchev–Trinajstić information content (AvgIpc) is 2.50. The monoisotopic (exact) mass is 338 g/mol. The topological polar surface area (TPSA) is 81.4 Å². The van der Waals surface area contributed by atoms with Crippen molar-refractivity contribution in [2.75, 3.05) is 11.9 Å². The number of ether oxygens (including phenoxy) is 1. The molecule has 2 rings (SSSR count). The van der Waals surface area contributed by atoms with Crippen LogP contribution in [-0.2, 0) is 4.79 Å². The summed E-state index contributed by atoms with van der Waals surface area (Å²) in [5.41, 5.74) is 5.66. The molecule has 0 aromatic heterocycles. The van der Waals surface area contributed by atoms with E-state index in [9.17, 15) is 9.59 Å². The highest BCUT2D eigenvalue weighted by Crippen LogP contribution is 2.30. The highest BCUT2D eigenvalue weighted by atomic mass is 35.5. The van der Waals surface area contributed by atoms with Crippen molar-refractivity contribution >= 4 is 40.7 Å². The van der Waals surface area contributed by atoms with E-state index < -0.39 is 11.8 Å². The highest BCUT2D eigenvalue weighted by molar-refractivity contribution is 6.44. The third-order valence-corrected chi connectivity index (χ3v) is 3.52. The van der Waals surface area contributed by atoms with E-state index in [1.807, 2.05) is 0 Å². The number of amides is 2. The number of rotatable bonds is 5. The van der Waals surface area contributed by atoms with Gasteiger partial charge < -0.3 is 15.8 Å². The smallest absolute Gasteiger partial charge is 0.259 e. The summed E-state index contributed by atoms with van der Waals surface area (Å²) in [7, 11) is 0. The van der Waals surface area contributed by atoms with Crippen molar-refractivity contribution < 1.29 is 14.3 Å². The highest BCUT2D eigenvalue weighted by Gasteiger charge is 2.15. The second kappa shape index (κ2) is 7.15. The summed E-state index contributed by atoms with van der Waals surface area (Å²) in [6, 6.07) is 11.4. The van der Waals surface area contributed by atoms with Crippen molar-refractivity contribution in [3.05, 3.63) is 58.1 Å². The van der Waals surface area contributed by atoms with Crippen LogP contribution in [0.5, 0.6) is 5.75 Å². The van der Waals surface area contributed by atoms with E-state index in [-0.39, 0.29) is 22.9 Å². The largest absolute Gasteiger partial charge is 0.483 e. The van der Waals surface area contributed by atoms with Gasteiger partial charge in [0.2, 0.25) is 0 Å². The lowest BCUT2D eigenvalue weighted by atomic mass is 10.2. The Hall–Kier alpha value is -2.24. The maximum absolute atomic E-state index is 12.3. The third-order valence-electron chi connectivity index (χ3n) is 2.70. The molecular weight excluding hydrogens is 327 g/mol. The fourth-order valence-electron chi connectivity index (χ4n) is 1.72. The molecule has 0 spiro atoms. The van der Waals surface area contributed by atoms with Gasteiger partial charge in [0.25, 0.3) is 11.8 Å². The number of primary amides is 1. The molecule has 0 radical (unpaired) electrons. The van der Waals surface area contributed by atoms with Crippen molar-refractivity contribution in [3.63, 3.8) is 0 Å². The predicted octanol–water partition coefficient (Wildman–Crippen LogP) is 3.11. The number of nitrogens with two attached hydrogens (primary N) is 1. The third kappa shape index (κ3) is 3.90. The fraction of sp³-hybridized carbons (Fsp3) is 0.0667. The zero-order chi connectivity index (χ0) is 16.1. The standard InChI is InChI=1S/C15H12Cl2N2O3/c16-10-5-3-6-11(14(10)17)19-15(21)9-4-1-2-7-12(9)22-8-13(18)20/h1-7H,8H2,(H2,18,20)(H,19,21). The molecule has 2 amide bonds. The summed E-state index contributed by atoms with van der Waals surface area (Å²) in [5, 5.41) is 3.22. The molecule has 0 saturated carbocycles. The molecule has 3 N–H and O–H groups in total. The van der Waals surface area contributed by atoms with Gasteiger partial charge >= 0.3 is 0 Å². The van der Waals surface area contributed by atoms with E-state index in [4.69, 9.17) is 33.7 Å². The first kappa shape index (κ1) is 16.1. The molecule has 0 bridgehead atoms. The lowest BCUT2D eigenvalue weighted by Gasteiger charge is -2.12. The maximum Gasteiger partial charge on any atom is 0.259 e. The van der Waals surface area contributed by atoms with Gasteiger partial charge in [-0.15, -0.1) is 0 Å². The zero-order valence-electron chi connectivity index (χ0n) is 11.3. The second-order valence-electron chi connectivity index (χ2n) is 4.31. The Morgan fingerprint density at radius 3 is 2.55 bits per heavy atom. The Morgan fingerprint density at radius 1 is 1.09 bits per heavy atom. The van der Waals surface area contributed by atoms with E-state index >= 15 is 0 Å². The van der Waals surface area contributed by atoms with Crippen LogP contribution in [-0.4, -0.2) is 18.4 Å².